The molecule has 12 heteroatoms. The van der Waals surface area contributed by atoms with E-state index in [1.54, 1.807) is 17.7 Å². The van der Waals surface area contributed by atoms with Crippen molar-refractivity contribution in [1.82, 2.24) is 14.5 Å². The van der Waals surface area contributed by atoms with Gasteiger partial charge in [0, 0.05) is 12.1 Å². The van der Waals surface area contributed by atoms with Crippen molar-refractivity contribution in [2.24, 2.45) is 17.6 Å². The van der Waals surface area contributed by atoms with Gasteiger partial charge in [-0.05, 0) is 12.8 Å². The predicted molar refractivity (Wildman–Crippen MR) is 100 cm³/mol. The van der Waals surface area contributed by atoms with E-state index in [4.69, 9.17) is 30.7 Å². The molecule has 1 fully saturated rings. The van der Waals surface area contributed by atoms with Crippen LogP contribution < -0.4 is 11.5 Å². The number of hydrogen-bond donors (Lipinski definition) is 4. The predicted octanol–water partition coefficient (Wildman–Crippen LogP) is 0.742. The molecule has 2 aromatic heterocycles. The van der Waals surface area contributed by atoms with Gasteiger partial charge in [-0.15, -0.1) is 0 Å². The number of amides is 1. The number of nitrogen functional groups attached to an aromatic ring is 1. The number of ether oxygens (including phenoxy) is 2. The third-order valence-electron chi connectivity index (χ3n) is 5.07. The molecule has 0 saturated carbocycles. The number of nitrogens with two attached hydrogens (primary N) is 2. The van der Waals surface area contributed by atoms with Gasteiger partial charge in [-0.25, -0.2) is 9.97 Å². The highest BCUT2D eigenvalue weighted by Crippen LogP contribution is 2.42. The Morgan fingerprint density at radius 2 is 2.04 bits per heavy atom. The molecule has 1 aliphatic heterocycles. The van der Waals surface area contributed by atoms with Crippen LogP contribution in [0, 0.1) is 18.8 Å². The van der Waals surface area contributed by atoms with Gasteiger partial charge in [0.25, 0.3) is 5.91 Å². The van der Waals surface area contributed by atoms with Crippen LogP contribution in [0.2, 0.25) is 0 Å². The lowest BCUT2D eigenvalue weighted by atomic mass is 9.93. The third kappa shape index (κ3) is 3.89. The maximum absolute atomic E-state index is 11.9. The van der Waals surface area contributed by atoms with Gasteiger partial charge in [0.1, 0.15) is 29.9 Å². The Hall–Kier alpha value is -2.04. The molecule has 11 nitrogen and oxygen atoms in total. The average Bonchev–Trinajstić information content (AvgIpc) is 3.07. The Balaban J connectivity index is 1.94. The van der Waals surface area contributed by atoms with E-state index in [-0.39, 0.29) is 35.9 Å². The van der Waals surface area contributed by atoms with E-state index in [1.807, 2.05) is 13.8 Å². The van der Waals surface area contributed by atoms with Crippen LogP contribution >= 0.6 is 7.60 Å². The summed E-state index contributed by atoms with van der Waals surface area (Å²) in [4.78, 5) is 38.3. The van der Waals surface area contributed by atoms with Crippen LogP contribution in [0.15, 0.2) is 6.20 Å². The van der Waals surface area contributed by atoms with Gasteiger partial charge in [-0.2, -0.15) is 0 Å². The summed E-state index contributed by atoms with van der Waals surface area (Å²) < 4.78 is 23.9. The molecule has 28 heavy (non-hydrogen) atoms. The second-order valence-corrected chi connectivity index (χ2v) is 8.70. The third-order valence-corrected chi connectivity index (χ3v) is 5.59. The Morgan fingerprint density at radius 3 is 2.64 bits per heavy atom. The molecule has 1 saturated heterocycles. The molecule has 1 aliphatic rings. The molecule has 3 heterocycles. The van der Waals surface area contributed by atoms with Crippen LogP contribution in [0.1, 0.15) is 36.3 Å². The molecule has 0 spiro atoms. The summed E-state index contributed by atoms with van der Waals surface area (Å²) in [5.74, 6) is -0.0213. The zero-order chi connectivity index (χ0) is 20.8. The number of anilines is 1. The average molecular weight is 413 g/mol. The molecular weight excluding hydrogens is 389 g/mol. The summed E-state index contributed by atoms with van der Waals surface area (Å²) in [6.45, 7) is 5.67. The van der Waals surface area contributed by atoms with Gasteiger partial charge in [-0.3, -0.25) is 9.36 Å². The van der Waals surface area contributed by atoms with E-state index in [0.29, 0.717) is 16.9 Å². The van der Waals surface area contributed by atoms with Crippen molar-refractivity contribution >= 4 is 30.4 Å². The van der Waals surface area contributed by atoms with Crippen LogP contribution in [0.25, 0.3) is 11.0 Å². The number of carbonyl (C=O) groups is 1. The molecule has 0 aliphatic carbocycles. The van der Waals surface area contributed by atoms with E-state index >= 15 is 0 Å². The molecular formula is C16H24N5O6P. The molecule has 2 aromatic rings. The fourth-order valence-corrected chi connectivity index (χ4v) is 3.84. The van der Waals surface area contributed by atoms with E-state index in [1.165, 1.54) is 0 Å². The van der Waals surface area contributed by atoms with Crippen LogP contribution in [0.3, 0.4) is 0 Å². The van der Waals surface area contributed by atoms with Crippen molar-refractivity contribution in [2.45, 2.75) is 33.1 Å². The van der Waals surface area contributed by atoms with Crippen molar-refractivity contribution in [1.29, 1.82) is 0 Å². The summed E-state index contributed by atoms with van der Waals surface area (Å²) in [7, 11) is -4.25. The summed E-state index contributed by atoms with van der Waals surface area (Å²) >= 11 is 0. The number of aromatic nitrogens is 3. The van der Waals surface area contributed by atoms with Crippen molar-refractivity contribution in [3.8, 4) is 0 Å². The van der Waals surface area contributed by atoms with Crippen molar-refractivity contribution in [3.05, 3.63) is 17.6 Å². The van der Waals surface area contributed by atoms with Crippen LogP contribution in [0.4, 0.5) is 5.82 Å². The topological polar surface area (TPSA) is 176 Å². The van der Waals surface area contributed by atoms with Crippen molar-refractivity contribution < 1.29 is 28.6 Å². The molecule has 1 amide bonds. The zero-order valence-corrected chi connectivity index (χ0v) is 16.7. The van der Waals surface area contributed by atoms with Gasteiger partial charge < -0.3 is 35.3 Å². The Kier molecular flexibility index (Phi) is 5.48. The first kappa shape index (κ1) is 20.7. The largest absolute Gasteiger partial charge is 0.383 e. The monoisotopic (exact) mass is 413 g/mol. The van der Waals surface area contributed by atoms with Crippen molar-refractivity contribution in [3.63, 3.8) is 0 Å². The summed E-state index contributed by atoms with van der Waals surface area (Å²) in [5, 5.41) is 0.378. The van der Waals surface area contributed by atoms with Crippen molar-refractivity contribution in [2.75, 3.05) is 18.7 Å². The molecule has 0 unspecified atom stereocenters. The van der Waals surface area contributed by atoms with Crippen LogP contribution in [-0.4, -0.2) is 49.3 Å². The summed E-state index contributed by atoms with van der Waals surface area (Å²) in [5.41, 5.74) is 12.1. The number of nitrogens with zero attached hydrogens (tertiary/aromatic N) is 3. The standard InChI is InChI=1S/C16H24N5O6P/c1-7-8(2)16(27-11(7)5-26-6-28(23,24)25)21-4-10(14(18)22)12-13(17)19-9(3)20-15(12)21/h4,7-8,11,16H,5-6H2,1-3H3,(H2,18,22)(H2,17,19,20)(H2,23,24,25)/t7-,8+,11+,16+/m0/s1. The van der Waals surface area contributed by atoms with Gasteiger partial charge in [0.05, 0.1) is 23.7 Å². The lowest BCUT2D eigenvalue weighted by molar-refractivity contribution is -0.0459. The van der Waals surface area contributed by atoms with E-state index in [0.717, 1.165) is 0 Å². The van der Waals surface area contributed by atoms with E-state index in [9.17, 15) is 9.36 Å². The molecule has 3 rings (SSSR count). The SMILES string of the molecule is Cc1nc(N)c2c(C(N)=O)cn([C@@H]3O[C@H](COCP(=O)(O)O)[C@@H](C)[C@H]3C)c2n1. The van der Waals surface area contributed by atoms with E-state index in [2.05, 4.69) is 9.97 Å². The van der Waals surface area contributed by atoms with Gasteiger partial charge in [0.2, 0.25) is 0 Å². The molecule has 4 atom stereocenters. The summed E-state index contributed by atoms with van der Waals surface area (Å²) in [6.07, 6.45) is 0.0219. The fourth-order valence-electron chi connectivity index (χ4n) is 3.49. The van der Waals surface area contributed by atoms with Gasteiger partial charge in [-0.1, -0.05) is 13.8 Å². The second-order valence-electron chi connectivity index (χ2n) is 7.12. The van der Waals surface area contributed by atoms with Gasteiger partial charge >= 0.3 is 7.60 Å². The number of fused-ring (bicyclic) bond motifs is 1. The lowest BCUT2D eigenvalue weighted by Crippen LogP contribution is -2.22. The maximum Gasteiger partial charge on any atom is 0.350 e. The highest BCUT2D eigenvalue weighted by atomic mass is 31.2. The lowest BCUT2D eigenvalue weighted by Gasteiger charge is -2.19. The van der Waals surface area contributed by atoms with Gasteiger partial charge in [0.15, 0.2) is 0 Å². The minimum atomic E-state index is -4.25. The first-order valence-corrected chi connectivity index (χ1v) is 10.5. The Labute approximate surface area is 161 Å². The van der Waals surface area contributed by atoms with Crippen LogP contribution in [0.5, 0.6) is 0 Å². The number of primary amides is 1. The molecule has 6 N–H and O–H groups in total. The highest BCUT2D eigenvalue weighted by Gasteiger charge is 2.41. The Morgan fingerprint density at radius 1 is 1.36 bits per heavy atom. The minimum Gasteiger partial charge on any atom is -0.383 e. The first-order valence-electron chi connectivity index (χ1n) is 8.72. The molecule has 0 radical (unpaired) electrons. The minimum absolute atomic E-state index is 0.00326. The van der Waals surface area contributed by atoms with Crippen LogP contribution in [-0.2, 0) is 14.0 Å². The maximum atomic E-state index is 11.9. The zero-order valence-electron chi connectivity index (χ0n) is 15.8. The Bertz CT molecular complexity index is 957. The summed E-state index contributed by atoms with van der Waals surface area (Å²) in [6, 6.07) is 0. The molecule has 0 aromatic carbocycles. The smallest absolute Gasteiger partial charge is 0.350 e. The first-order chi connectivity index (χ1) is 13.0. The highest BCUT2D eigenvalue weighted by molar-refractivity contribution is 7.51. The number of rotatable bonds is 6. The normalized spacial score (nSPS) is 25.5. The number of hydrogen-bond acceptors (Lipinski definition) is 7. The fraction of sp³-hybridized carbons (Fsp3) is 0.562. The number of carbonyl (C=O) groups excluding carboxylic acids is 1. The van der Waals surface area contributed by atoms with E-state index < -0.39 is 26.1 Å². The second kappa shape index (κ2) is 7.41. The quantitative estimate of drug-likeness (QED) is 0.498. The number of aryl methyl sites for hydroxylation is 1. The molecule has 154 valence electrons. The molecule has 0 bridgehead atoms.